The van der Waals surface area contributed by atoms with Gasteiger partial charge in [-0.2, -0.15) is 0 Å². The number of nitrogens with one attached hydrogen (secondary N) is 1. The third-order valence-corrected chi connectivity index (χ3v) is 7.34. The minimum atomic E-state index is -0.513. The van der Waals surface area contributed by atoms with Crippen LogP contribution in [0.1, 0.15) is 46.5 Å². The van der Waals surface area contributed by atoms with Gasteiger partial charge in [-0.05, 0) is 51.4 Å². The molecule has 4 rings (SSSR count). The van der Waals surface area contributed by atoms with Crippen LogP contribution in [0, 0.1) is 17.8 Å². The number of allylic oxidation sites excluding steroid dienone is 1. The van der Waals surface area contributed by atoms with E-state index in [1.54, 1.807) is 13.0 Å². The van der Waals surface area contributed by atoms with Crippen LogP contribution in [0.5, 0.6) is 0 Å². The molecule has 6 nitrogen and oxygen atoms in total. The number of ether oxygens (including phenoxy) is 1. The van der Waals surface area contributed by atoms with Gasteiger partial charge in [0.1, 0.15) is 0 Å². The molecule has 4 aliphatic rings. The monoisotopic (exact) mass is 358 g/mol. The number of esters is 1. The maximum absolute atomic E-state index is 12.7. The minimum Gasteiger partial charge on any atom is -0.466 e. The predicted octanol–water partition coefficient (Wildman–Crippen LogP) is 1.92. The normalized spacial score (nSPS) is 41.8. The molecule has 1 amide bonds. The molecule has 1 saturated heterocycles. The molecule has 5 atom stereocenters. The summed E-state index contributed by atoms with van der Waals surface area (Å²) in [5, 5.41) is 3.22. The topological polar surface area (TPSA) is 75.7 Å². The summed E-state index contributed by atoms with van der Waals surface area (Å²) in [5.41, 5.74) is 0.830. The second-order valence-electron chi connectivity index (χ2n) is 8.60. The van der Waals surface area contributed by atoms with E-state index in [-0.39, 0.29) is 28.7 Å². The van der Waals surface area contributed by atoms with Crippen molar-refractivity contribution in [3.8, 4) is 0 Å². The van der Waals surface area contributed by atoms with Gasteiger partial charge >= 0.3 is 5.97 Å². The molecule has 0 aromatic heterocycles. The molecule has 0 aromatic rings. The molecule has 2 heterocycles. The molecule has 3 fully saturated rings. The number of hydrogen-bond donors (Lipinski definition) is 1. The average molecular weight is 358 g/mol. The third kappa shape index (κ3) is 2.14. The van der Waals surface area contributed by atoms with E-state index in [1.165, 1.54) is 13.2 Å². The summed E-state index contributed by atoms with van der Waals surface area (Å²) in [4.78, 5) is 38.6. The highest BCUT2D eigenvalue weighted by atomic mass is 16.5. The van der Waals surface area contributed by atoms with Crippen molar-refractivity contribution in [2.45, 2.75) is 57.5 Å². The largest absolute Gasteiger partial charge is 0.466 e. The van der Waals surface area contributed by atoms with E-state index >= 15 is 0 Å². The van der Waals surface area contributed by atoms with Crippen LogP contribution in [-0.4, -0.2) is 40.7 Å². The van der Waals surface area contributed by atoms with Gasteiger partial charge in [-0.25, -0.2) is 4.79 Å². The van der Waals surface area contributed by atoms with Gasteiger partial charge in [-0.3, -0.25) is 9.59 Å². The highest BCUT2D eigenvalue weighted by molar-refractivity contribution is 6.10. The van der Waals surface area contributed by atoms with Crippen molar-refractivity contribution in [2.24, 2.45) is 17.8 Å². The lowest BCUT2D eigenvalue weighted by molar-refractivity contribution is -0.135. The average Bonchev–Trinajstić information content (AvgIpc) is 2.89. The van der Waals surface area contributed by atoms with Gasteiger partial charge in [0.15, 0.2) is 0 Å². The first kappa shape index (κ1) is 17.3. The van der Waals surface area contributed by atoms with Crippen molar-refractivity contribution in [3.63, 3.8) is 0 Å². The van der Waals surface area contributed by atoms with Crippen molar-refractivity contribution in [1.29, 1.82) is 0 Å². The van der Waals surface area contributed by atoms with Crippen LogP contribution in [0.4, 0.5) is 0 Å². The molecular formula is C20H26N2O4. The maximum atomic E-state index is 12.7. The van der Waals surface area contributed by atoms with Crippen molar-refractivity contribution in [2.75, 3.05) is 7.11 Å². The number of rotatable bonds is 2. The number of carbonyl (C=O) groups is 3. The van der Waals surface area contributed by atoms with Crippen molar-refractivity contribution in [1.82, 2.24) is 10.2 Å². The van der Waals surface area contributed by atoms with Crippen LogP contribution >= 0.6 is 0 Å². The molecule has 2 aliphatic carbocycles. The lowest BCUT2D eigenvalue weighted by atomic mass is 9.50. The number of amides is 1. The van der Waals surface area contributed by atoms with E-state index in [4.69, 9.17) is 4.74 Å². The Morgan fingerprint density at radius 2 is 2.04 bits per heavy atom. The first-order valence-electron chi connectivity index (χ1n) is 9.35. The molecule has 1 unspecified atom stereocenters. The van der Waals surface area contributed by atoms with Crippen molar-refractivity contribution in [3.05, 3.63) is 23.5 Å². The van der Waals surface area contributed by atoms with Gasteiger partial charge < -0.3 is 15.0 Å². The molecule has 0 spiro atoms. The Morgan fingerprint density at radius 3 is 2.69 bits per heavy atom. The minimum absolute atomic E-state index is 0.0355. The Labute approximate surface area is 153 Å². The van der Waals surface area contributed by atoms with Crippen LogP contribution in [-0.2, 0) is 19.1 Å². The number of methoxy groups -OCH3 is 1. The summed E-state index contributed by atoms with van der Waals surface area (Å²) in [7, 11) is 1.32. The molecule has 2 aliphatic heterocycles. The number of nitrogens with zero attached hydrogens (tertiary/aromatic N) is 1. The SMILES string of the molecule is COC(=O)/C=C1\C(=O)C=C2[C@@H]3C[C@H]4C[C@H](CC[C@@]4(C)N21)C3(C)NC(C)=O. The Kier molecular flexibility index (Phi) is 3.62. The van der Waals surface area contributed by atoms with Crippen LogP contribution < -0.4 is 5.32 Å². The second-order valence-corrected chi connectivity index (χ2v) is 8.60. The zero-order chi connectivity index (χ0) is 18.9. The second kappa shape index (κ2) is 5.44. The van der Waals surface area contributed by atoms with E-state index in [0.717, 1.165) is 31.4 Å². The first-order chi connectivity index (χ1) is 12.2. The highest BCUT2D eigenvalue weighted by Gasteiger charge is 2.63. The molecule has 2 saturated carbocycles. The molecule has 0 radical (unpaired) electrons. The summed E-state index contributed by atoms with van der Waals surface area (Å²) in [6.07, 6.45) is 6.93. The van der Waals surface area contributed by atoms with Crippen LogP contribution in [0.15, 0.2) is 23.5 Å². The number of ketones is 1. The standard InChI is InChI=1S/C20H26N2O4/c1-11(23)21-20(3)12-5-6-19(2)13(7-12)8-14(20)15-9-17(24)16(22(15)19)10-18(25)26-4/h9-10,12-14H,5-8H2,1-4H3,(H,21,23)/b16-10+/t12-,13+,14-,19+,20?/m0/s1. The summed E-state index contributed by atoms with van der Waals surface area (Å²) in [6, 6.07) is 0. The van der Waals surface area contributed by atoms with Gasteiger partial charge in [0.2, 0.25) is 11.7 Å². The summed E-state index contributed by atoms with van der Waals surface area (Å²) >= 11 is 0. The number of hydrogen-bond acceptors (Lipinski definition) is 5. The van der Waals surface area contributed by atoms with Gasteiger partial charge in [0.25, 0.3) is 0 Å². The number of piperidine rings is 1. The fourth-order valence-electron chi connectivity index (χ4n) is 6.04. The van der Waals surface area contributed by atoms with Crippen LogP contribution in [0.3, 0.4) is 0 Å². The summed E-state index contributed by atoms with van der Waals surface area (Å²) in [5.74, 6) is 0.239. The molecule has 26 heavy (non-hydrogen) atoms. The molecule has 0 aromatic carbocycles. The fraction of sp³-hybridized carbons (Fsp3) is 0.650. The molecule has 1 N–H and O–H groups in total. The van der Waals surface area contributed by atoms with E-state index in [0.29, 0.717) is 17.5 Å². The van der Waals surface area contributed by atoms with Crippen LogP contribution in [0.25, 0.3) is 0 Å². The highest BCUT2D eigenvalue weighted by Crippen LogP contribution is 2.62. The Morgan fingerprint density at radius 1 is 1.31 bits per heavy atom. The van der Waals surface area contributed by atoms with Gasteiger partial charge in [0.05, 0.1) is 18.9 Å². The Bertz CT molecular complexity index is 770. The van der Waals surface area contributed by atoms with Crippen LogP contribution in [0.2, 0.25) is 0 Å². The first-order valence-corrected chi connectivity index (χ1v) is 9.35. The maximum Gasteiger partial charge on any atom is 0.332 e. The lowest BCUT2D eigenvalue weighted by Gasteiger charge is -2.66. The van der Waals surface area contributed by atoms with E-state index < -0.39 is 5.97 Å². The quantitative estimate of drug-likeness (QED) is 0.603. The zero-order valence-corrected chi connectivity index (χ0v) is 15.8. The van der Waals surface area contributed by atoms with E-state index in [9.17, 15) is 14.4 Å². The van der Waals surface area contributed by atoms with Gasteiger partial charge in [0, 0.05) is 35.7 Å². The predicted molar refractivity (Wildman–Crippen MR) is 94.6 cm³/mol. The number of fused-ring (bicyclic) bond motifs is 5. The molecule has 6 heteroatoms. The van der Waals surface area contributed by atoms with Crippen molar-refractivity contribution < 1.29 is 19.1 Å². The van der Waals surface area contributed by atoms with Gasteiger partial charge in [-0.15, -0.1) is 0 Å². The summed E-state index contributed by atoms with van der Waals surface area (Å²) in [6.45, 7) is 5.89. The Hall–Kier alpha value is -2.11. The third-order valence-electron chi connectivity index (χ3n) is 7.34. The molecule has 3 bridgehead atoms. The smallest absolute Gasteiger partial charge is 0.332 e. The molecular weight excluding hydrogens is 332 g/mol. The fourth-order valence-corrected chi connectivity index (χ4v) is 6.04. The number of carbonyl (C=O) groups excluding carboxylic acids is 3. The lowest BCUT2D eigenvalue weighted by Crippen LogP contribution is -2.70. The van der Waals surface area contributed by atoms with Gasteiger partial charge in [-0.1, -0.05) is 0 Å². The van der Waals surface area contributed by atoms with E-state index in [2.05, 4.69) is 24.1 Å². The zero-order valence-electron chi connectivity index (χ0n) is 15.8. The van der Waals surface area contributed by atoms with E-state index in [1.807, 2.05) is 0 Å². The molecule has 140 valence electrons. The van der Waals surface area contributed by atoms with Crippen molar-refractivity contribution >= 4 is 17.7 Å². The summed E-state index contributed by atoms with van der Waals surface area (Å²) < 4.78 is 4.77. The Balaban J connectivity index is 1.84.